The average Bonchev–Trinajstić information content (AvgIpc) is 2.56. The number of hydrogen-bond donors (Lipinski definition) is 0. The smallest absolute Gasteiger partial charge is 0.146 e. The molecule has 5 nitrogen and oxygen atoms in total. The van der Waals surface area contributed by atoms with Crippen LogP contribution in [-0.2, 0) is 6.54 Å². The predicted molar refractivity (Wildman–Crippen MR) is 85.4 cm³/mol. The summed E-state index contributed by atoms with van der Waals surface area (Å²) < 4.78 is 0. The van der Waals surface area contributed by atoms with Crippen molar-refractivity contribution in [2.45, 2.75) is 13.5 Å². The minimum atomic E-state index is 0.656. The van der Waals surface area contributed by atoms with Crippen molar-refractivity contribution in [1.29, 1.82) is 5.26 Å². The van der Waals surface area contributed by atoms with Gasteiger partial charge in [0.15, 0.2) is 0 Å². The Bertz CT molecular complexity index is 669. The SMILES string of the molecule is Cc1ccc(C#N)c(N2CCN(Cc3ccccn3)CC2)n1. The van der Waals surface area contributed by atoms with Crippen molar-refractivity contribution >= 4 is 5.82 Å². The van der Waals surface area contributed by atoms with Gasteiger partial charge in [0.05, 0.1) is 11.3 Å². The largest absolute Gasteiger partial charge is 0.353 e. The molecule has 0 saturated carbocycles. The molecule has 112 valence electrons. The quantitative estimate of drug-likeness (QED) is 0.866. The molecule has 0 radical (unpaired) electrons. The molecule has 1 aliphatic heterocycles. The van der Waals surface area contributed by atoms with E-state index in [0.29, 0.717) is 5.56 Å². The number of aryl methyl sites for hydroxylation is 1. The zero-order valence-corrected chi connectivity index (χ0v) is 12.7. The standard InChI is InChI=1S/C17H19N5/c1-14-5-6-15(12-18)17(20-14)22-10-8-21(9-11-22)13-16-4-2-3-7-19-16/h2-7H,8-11,13H2,1H3. The van der Waals surface area contributed by atoms with Gasteiger partial charge in [-0.1, -0.05) is 6.07 Å². The summed E-state index contributed by atoms with van der Waals surface area (Å²) in [6.45, 7) is 6.52. The molecule has 1 aliphatic rings. The van der Waals surface area contributed by atoms with E-state index in [1.807, 2.05) is 37.4 Å². The molecule has 0 aliphatic carbocycles. The van der Waals surface area contributed by atoms with Gasteiger partial charge in [-0.15, -0.1) is 0 Å². The maximum absolute atomic E-state index is 9.25. The van der Waals surface area contributed by atoms with Crippen LogP contribution in [0.5, 0.6) is 0 Å². The van der Waals surface area contributed by atoms with Crippen molar-refractivity contribution < 1.29 is 0 Å². The summed E-state index contributed by atoms with van der Waals surface area (Å²) >= 11 is 0. The second-order valence-electron chi connectivity index (χ2n) is 5.52. The van der Waals surface area contributed by atoms with Gasteiger partial charge >= 0.3 is 0 Å². The van der Waals surface area contributed by atoms with Gasteiger partial charge in [0, 0.05) is 44.6 Å². The van der Waals surface area contributed by atoms with E-state index in [9.17, 15) is 5.26 Å². The number of aromatic nitrogens is 2. The van der Waals surface area contributed by atoms with Gasteiger partial charge in [0.25, 0.3) is 0 Å². The normalized spacial score (nSPS) is 15.5. The summed E-state index contributed by atoms with van der Waals surface area (Å²) in [7, 11) is 0. The monoisotopic (exact) mass is 293 g/mol. The van der Waals surface area contributed by atoms with Gasteiger partial charge in [-0.05, 0) is 31.2 Å². The number of anilines is 1. The molecule has 0 aromatic carbocycles. The number of nitriles is 1. The maximum atomic E-state index is 9.25. The number of piperazine rings is 1. The summed E-state index contributed by atoms with van der Waals surface area (Å²) in [4.78, 5) is 13.5. The molecule has 22 heavy (non-hydrogen) atoms. The van der Waals surface area contributed by atoms with Crippen LogP contribution in [-0.4, -0.2) is 41.0 Å². The fourth-order valence-corrected chi connectivity index (χ4v) is 2.71. The van der Waals surface area contributed by atoms with E-state index in [-0.39, 0.29) is 0 Å². The molecule has 3 heterocycles. The molecule has 0 N–H and O–H groups in total. The van der Waals surface area contributed by atoms with Gasteiger partial charge in [-0.3, -0.25) is 9.88 Å². The lowest BCUT2D eigenvalue weighted by molar-refractivity contribution is 0.246. The molecule has 2 aromatic rings. The average molecular weight is 293 g/mol. The van der Waals surface area contributed by atoms with Crippen molar-refractivity contribution in [3.05, 3.63) is 53.5 Å². The van der Waals surface area contributed by atoms with Crippen LogP contribution in [0.25, 0.3) is 0 Å². The van der Waals surface area contributed by atoms with Crippen molar-refractivity contribution in [2.75, 3.05) is 31.1 Å². The van der Waals surface area contributed by atoms with Crippen molar-refractivity contribution in [3.8, 4) is 6.07 Å². The summed E-state index contributed by atoms with van der Waals surface area (Å²) in [5, 5.41) is 9.25. The first-order valence-corrected chi connectivity index (χ1v) is 7.51. The highest BCUT2D eigenvalue weighted by Crippen LogP contribution is 2.20. The number of nitrogens with zero attached hydrogens (tertiary/aromatic N) is 5. The Hall–Kier alpha value is -2.45. The van der Waals surface area contributed by atoms with E-state index in [1.165, 1.54) is 0 Å². The molecule has 2 aromatic heterocycles. The first-order chi connectivity index (χ1) is 10.8. The molecule has 1 fully saturated rings. The van der Waals surface area contributed by atoms with Gasteiger partial charge in [-0.25, -0.2) is 4.98 Å². The third-order valence-electron chi connectivity index (χ3n) is 3.92. The highest BCUT2D eigenvalue weighted by Gasteiger charge is 2.20. The first-order valence-electron chi connectivity index (χ1n) is 7.51. The summed E-state index contributed by atoms with van der Waals surface area (Å²) in [5.41, 5.74) is 2.70. The Morgan fingerprint density at radius 3 is 2.64 bits per heavy atom. The van der Waals surface area contributed by atoms with Crippen molar-refractivity contribution in [1.82, 2.24) is 14.9 Å². The van der Waals surface area contributed by atoms with Crippen molar-refractivity contribution in [3.63, 3.8) is 0 Å². The van der Waals surface area contributed by atoms with E-state index in [1.54, 1.807) is 0 Å². The van der Waals surface area contributed by atoms with Gasteiger partial charge in [-0.2, -0.15) is 5.26 Å². The zero-order valence-electron chi connectivity index (χ0n) is 12.7. The Morgan fingerprint density at radius 1 is 1.14 bits per heavy atom. The molecule has 5 heteroatoms. The van der Waals surface area contributed by atoms with Crippen LogP contribution in [0.3, 0.4) is 0 Å². The second kappa shape index (κ2) is 6.54. The van der Waals surface area contributed by atoms with Crippen LogP contribution in [0.1, 0.15) is 17.0 Å². The minimum Gasteiger partial charge on any atom is -0.353 e. The molecule has 3 rings (SSSR count). The van der Waals surface area contributed by atoms with Gasteiger partial charge in [0.2, 0.25) is 0 Å². The highest BCUT2D eigenvalue weighted by atomic mass is 15.3. The molecule has 0 spiro atoms. The van der Waals surface area contributed by atoms with Crippen LogP contribution < -0.4 is 4.90 Å². The topological polar surface area (TPSA) is 56.1 Å². The third kappa shape index (κ3) is 3.23. The van der Waals surface area contributed by atoms with Crippen LogP contribution in [0, 0.1) is 18.3 Å². The molecule has 0 atom stereocenters. The van der Waals surface area contributed by atoms with Crippen LogP contribution in [0.2, 0.25) is 0 Å². The van der Waals surface area contributed by atoms with E-state index < -0.39 is 0 Å². The Kier molecular flexibility index (Phi) is 4.31. The molecule has 0 bridgehead atoms. The van der Waals surface area contributed by atoms with E-state index in [4.69, 9.17) is 0 Å². The molecule has 0 unspecified atom stereocenters. The lowest BCUT2D eigenvalue weighted by atomic mass is 10.2. The fraction of sp³-hybridized carbons (Fsp3) is 0.353. The Balaban J connectivity index is 1.65. The zero-order chi connectivity index (χ0) is 15.4. The second-order valence-corrected chi connectivity index (χ2v) is 5.52. The van der Waals surface area contributed by atoms with E-state index in [2.05, 4.69) is 31.9 Å². The predicted octanol–water partition coefficient (Wildman–Crippen LogP) is 1.98. The minimum absolute atomic E-state index is 0.656. The van der Waals surface area contributed by atoms with Crippen LogP contribution in [0.15, 0.2) is 36.5 Å². The summed E-state index contributed by atoms with van der Waals surface area (Å²) in [5.74, 6) is 0.819. The Morgan fingerprint density at radius 2 is 1.95 bits per heavy atom. The number of rotatable bonds is 3. The number of pyridine rings is 2. The van der Waals surface area contributed by atoms with Crippen LogP contribution >= 0.6 is 0 Å². The maximum Gasteiger partial charge on any atom is 0.146 e. The lowest BCUT2D eigenvalue weighted by Gasteiger charge is -2.35. The molecule has 0 amide bonds. The van der Waals surface area contributed by atoms with Gasteiger partial charge in [0.1, 0.15) is 11.9 Å². The third-order valence-corrected chi connectivity index (χ3v) is 3.92. The fourth-order valence-electron chi connectivity index (χ4n) is 2.71. The van der Waals surface area contributed by atoms with E-state index >= 15 is 0 Å². The number of hydrogen-bond acceptors (Lipinski definition) is 5. The molecular weight excluding hydrogens is 274 g/mol. The highest BCUT2D eigenvalue weighted by molar-refractivity contribution is 5.54. The molecule has 1 saturated heterocycles. The first kappa shape index (κ1) is 14.5. The van der Waals surface area contributed by atoms with Crippen LogP contribution in [0.4, 0.5) is 5.82 Å². The lowest BCUT2D eigenvalue weighted by Crippen LogP contribution is -2.46. The summed E-state index contributed by atoms with van der Waals surface area (Å²) in [6, 6.07) is 12.0. The summed E-state index contributed by atoms with van der Waals surface area (Å²) in [6.07, 6.45) is 1.83. The van der Waals surface area contributed by atoms with E-state index in [0.717, 1.165) is 49.9 Å². The van der Waals surface area contributed by atoms with Gasteiger partial charge < -0.3 is 4.90 Å². The van der Waals surface area contributed by atoms with Crippen molar-refractivity contribution in [2.24, 2.45) is 0 Å². The molecular formula is C17H19N5. The Labute approximate surface area is 130 Å².